The average Bonchev–Trinajstić information content (AvgIpc) is 3.02. The van der Waals surface area contributed by atoms with Crippen LogP contribution in [0.3, 0.4) is 0 Å². The van der Waals surface area contributed by atoms with Crippen LogP contribution in [0.15, 0.2) is 78.9 Å². The van der Waals surface area contributed by atoms with Crippen molar-refractivity contribution in [3.8, 4) is 5.75 Å². The van der Waals surface area contributed by atoms with Gasteiger partial charge in [0, 0.05) is 31.5 Å². The quantitative estimate of drug-likeness (QED) is 0.150. The molecular weight excluding hydrogens is 731 g/mol. The fourth-order valence-corrected chi connectivity index (χ4v) is 5.09. The molecule has 18 heteroatoms. The Bertz CT molecular complexity index is 1940. The third-order valence-corrected chi connectivity index (χ3v) is 7.53. The van der Waals surface area contributed by atoms with Crippen LogP contribution in [-0.4, -0.2) is 24.3 Å². The molecule has 1 unspecified atom stereocenters. The molecule has 0 saturated heterocycles. The van der Waals surface area contributed by atoms with Crippen molar-refractivity contribution in [3.63, 3.8) is 0 Å². The summed E-state index contributed by atoms with van der Waals surface area (Å²) in [6.45, 7) is 1.20. The third-order valence-electron chi connectivity index (χ3n) is 7.53. The maximum absolute atomic E-state index is 15.1. The summed E-state index contributed by atoms with van der Waals surface area (Å²) in [4.78, 5) is 25.1. The number of amides is 2. The molecule has 5 nitrogen and oxygen atoms in total. The summed E-state index contributed by atoms with van der Waals surface area (Å²) >= 11 is 0. The molecule has 52 heavy (non-hydrogen) atoms. The van der Waals surface area contributed by atoms with Gasteiger partial charge in [-0.1, -0.05) is 30.3 Å². The minimum absolute atomic E-state index is 0.0144. The SMILES string of the molecule is CC(=O)NCc1ccc(CC(NC(=O)c2ccc(F)c(C(F)(F)F)c2)(c2cc(F)cc(OC(F)(F)C(F)F)c2)c2ccc(F)c(C(F)(F)F)c2)cc1. The first-order valence-corrected chi connectivity index (χ1v) is 14.6. The van der Waals surface area contributed by atoms with Crippen molar-refractivity contribution >= 4 is 11.8 Å². The van der Waals surface area contributed by atoms with Gasteiger partial charge in [-0.05, 0) is 64.7 Å². The van der Waals surface area contributed by atoms with E-state index in [0.29, 0.717) is 29.8 Å². The maximum atomic E-state index is 15.1. The van der Waals surface area contributed by atoms with Crippen LogP contribution in [0.1, 0.15) is 50.7 Å². The smallest absolute Gasteiger partial charge is 0.428 e. The van der Waals surface area contributed by atoms with E-state index in [4.69, 9.17) is 0 Å². The summed E-state index contributed by atoms with van der Waals surface area (Å²) < 4.78 is 184. The van der Waals surface area contributed by atoms with Crippen LogP contribution in [-0.2, 0) is 35.7 Å². The van der Waals surface area contributed by atoms with E-state index in [1.807, 2.05) is 0 Å². The largest absolute Gasteiger partial charge is 0.461 e. The van der Waals surface area contributed by atoms with E-state index in [-0.39, 0.29) is 42.4 Å². The molecule has 0 fully saturated rings. The first-order chi connectivity index (χ1) is 24.0. The molecule has 4 aromatic rings. The van der Waals surface area contributed by atoms with Crippen LogP contribution in [0.5, 0.6) is 5.75 Å². The summed E-state index contributed by atoms with van der Waals surface area (Å²) in [5.74, 6) is -8.50. The van der Waals surface area contributed by atoms with Crippen molar-refractivity contribution < 1.29 is 71.4 Å². The molecule has 0 heterocycles. The number of rotatable bonds is 11. The Morgan fingerprint density at radius 2 is 1.25 bits per heavy atom. The molecular formula is C34H23F13N2O3. The molecule has 4 aromatic carbocycles. The fourth-order valence-electron chi connectivity index (χ4n) is 5.09. The highest BCUT2D eigenvalue weighted by molar-refractivity contribution is 5.95. The van der Waals surface area contributed by atoms with Gasteiger partial charge in [-0.3, -0.25) is 9.59 Å². The lowest BCUT2D eigenvalue weighted by Crippen LogP contribution is -2.49. The van der Waals surface area contributed by atoms with Crippen molar-refractivity contribution in [2.24, 2.45) is 0 Å². The zero-order chi connectivity index (χ0) is 38.8. The van der Waals surface area contributed by atoms with Gasteiger partial charge in [0.15, 0.2) is 0 Å². The normalized spacial score (nSPS) is 13.4. The van der Waals surface area contributed by atoms with Gasteiger partial charge in [0.2, 0.25) is 5.91 Å². The summed E-state index contributed by atoms with van der Waals surface area (Å²) in [5, 5.41) is 4.68. The van der Waals surface area contributed by atoms with Crippen molar-refractivity contribution in [1.29, 1.82) is 0 Å². The van der Waals surface area contributed by atoms with Gasteiger partial charge in [-0.15, -0.1) is 0 Å². The molecule has 1 atom stereocenters. The maximum Gasteiger partial charge on any atom is 0.461 e. The lowest BCUT2D eigenvalue weighted by molar-refractivity contribution is -0.253. The van der Waals surface area contributed by atoms with Gasteiger partial charge in [0.1, 0.15) is 23.2 Å². The highest BCUT2D eigenvalue weighted by Crippen LogP contribution is 2.41. The fraction of sp³-hybridized carbons (Fsp3) is 0.235. The van der Waals surface area contributed by atoms with Crippen LogP contribution in [0.2, 0.25) is 0 Å². The van der Waals surface area contributed by atoms with Crippen molar-refractivity contribution in [3.05, 3.63) is 135 Å². The monoisotopic (exact) mass is 754 g/mol. The molecule has 0 saturated carbocycles. The van der Waals surface area contributed by atoms with Gasteiger partial charge in [-0.25, -0.2) is 13.2 Å². The summed E-state index contributed by atoms with van der Waals surface area (Å²) in [5.41, 5.74) is -8.57. The van der Waals surface area contributed by atoms with Crippen molar-refractivity contribution in [2.45, 2.75) is 50.3 Å². The Morgan fingerprint density at radius 1 is 0.692 bits per heavy atom. The molecule has 0 aliphatic carbocycles. The molecule has 278 valence electrons. The topological polar surface area (TPSA) is 67.4 Å². The standard InChI is InChI=1S/C34H23F13N2O3/c1-17(50)48-16-19-4-2-18(3-5-19)15-31(21-7-9-28(37)26(13-21)33(43,44)45,22-11-23(35)14-24(12-22)52-34(46,47)30(38)39)49-29(51)20-6-8-27(36)25(10-20)32(40,41)42/h2-14,30H,15-16H2,1H3,(H,48,50)(H,49,51). The highest BCUT2D eigenvalue weighted by Gasteiger charge is 2.46. The van der Waals surface area contributed by atoms with Gasteiger partial charge >= 0.3 is 24.9 Å². The number of nitrogens with one attached hydrogen (secondary N) is 2. The van der Waals surface area contributed by atoms with Crippen LogP contribution >= 0.6 is 0 Å². The van der Waals surface area contributed by atoms with Crippen LogP contribution in [0.25, 0.3) is 0 Å². The van der Waals surface area contributed by atoms with Gasteiger partial charge in [0.05, 0.1) is 16.7 Å². The lowest BCUT2D eigenvalue weighted by Gasteiger charge is -2.37. The second-order valence-electron chi connectivity index (χ2n) is 11.3. The second-order valence-corrected chi connectivity index (χ2v) is 11.3. The predicted molar refractivity (Wildman–Crippen MR) is 157 cm³/mol. The summed E-state index contributed by atoms with van der Waals surface area (Å²) in [6.07, 6.45) is -21.3. The Balaban J connectivity index is 2.04. The van der Waals surface area contributed by atoms with Gasteiger partial charge in [-0.2, -0.15) is 43.9 Å². The molecule has 4 rings (SSSR count). The highest BCUT2D eigenvalue weighted by atomic mass is 19.4. The minimum Gasteiger partial charge on any atom is -0.428 e. The molecule has 0 aliphatic rings. The zero-order valence-corrected chi connectivity index (χ0v) is 26.1. The number of hydrogen-bond acceptors (Lipinski definition) is 3. The number of alkyl halides is 10. The van der Waals surface area contributed by atoms with Gasteiger partial charge in [0.25, 0.3) is 5.91 Å². The molecule has 2 amide bonds. The molecule has 0 aromatic heterocycles. The minimum atomic E-state index is -5.42. The first-order valence-electron chi connectivity index (χ1n) is 14.6. The molecule has 2 N–H and O–H groups in total. The van der Waals surface area contributed by atoms with E-state index >= 15 is 4.39 Å². The van der Waals surface area contributed by atoms with Crippen LogP contribution in [0.4, 0.5) is 57.1 Å². The predicted octanol–water partition coefficient (Wildman–Crippen LogP) is 8.93. The average molecular weight is 755 g/mol. The second kappa shape index (κ2) is 14.7. The summed E-state index contributed by atoms with van der Waals surface area (Å²) in [7, 11) is 0. The third kappa shape index (κ3) is 9.13. The van der Waals surface area contributed by atoms with E-state index in [1.165, 1.54) is 31.2 Å². The van der Waals surface area contributed by atoms with Crippen molar-refractivity contribution in [1.82, 2.24) is 10.6 Å². The number of benzene rings is 4. The van der Waals surface area contributed by atoms with Crippen LogP contribution in [0, 0.1) is 17.5 Å². The van der Waals surface area contributed by atoms with E-state index in [2.05, 4.69) is 15.4 Å². The molecule has 0 radical (unpaired) electrons. The lowest BCUT2D eigenvalue weighted by atomic mass is 9.76. The number of hydrogen-bond donors (Lipinski definition) is 2. The number of halogens is 13. The van der Waals surface area contributed by atoms with E-state index in [0.717, 1.165) is 0 Å². The van der Waals surface area contributed by atoms with E-state index in [1.54, 1.807) is 0 Å². The first kappa shape index (κ1) is 39.5. The molecule has 0 bridgehead atoms. The van der Waals surface area contributed by atoms with Crippen molar-refractivity contribution in [2.75, 3.05) is 0 Å². The molecule has 0 aliphatic heterocycles. The Morgan fingerprint density at radius 3 is 1.81 bits per heavy atom. The van der Waals surface area contributed by atoms with Crippen LogP contribution < -0.4 is 15.4 Å². The number of ether oxygens (including phenoxy) is 1. The summed E-state index contributed by atoms with van der Waals surface area (Å²) in [6, 6.07) is 8.50. The Labute approximate surface area is 285 Å². The zero-order valence-electron chi connectivity index (χ0n) is 26.1. The van der Waals surface area contributed by atoms with E-state index < -0.39 is 99.7 Å². The van der Waals surface area contributed by atoms with E-state index in [9.17, 15) is 62.3 Å². The van der Waals surface area contributed by atoms with Gasteiger partial charge < -0.3 is 15.4 Å². The Hall–Kier alpha value is -5.29. The Kier molecular flexibility index (Phi) is 11.2. The number of carbonyl (C=O) groups is 2. The molecule has 0 spiro atoms. The number of carbonyl (C=O) groups excluding carboxylic acids is 2.